The summed E-state index contributed by atoms with van der Waals surface area (Å²) in [5.74, 6) is 1.50. The van der Waals surface area contributed by atoms with Gasteiger partial charge in [0.1, 0.15) is 0 Å². The lowest BCUT2D eigenvalue weighted by Gasteiger charge is -2.39. The Morgan fingerprint density at radius 1 is 1.16 bits per heavy atom. The van der Waals surface area contributed by atoms with Crippen LogP contribution in [0.4, 0.5) is 0 Å². The van der Waals surface area contributed by atoms with E-state index in [1.165, 1.54) is 18.4 Å². The summed E-state index contributed by atoms with van der Waals surface area (Å²) in [4.78, 5) is 7.02. The number of hydrogen-bond acceptors (Lipinski definition) is 4. The average Bonchev–Trinajstić information content (AvgIpc) is 3.34. The summed E-state index contributed by atoms with van der Waals surface area (Å²) in [6.45, 7) is 9.86. The summed E-state index contributed by atoms with van der Waals surface area (Å²) >= 11 is 0. The van der Waals surface area contributed by atoms with Crippen LogP contribution in [0.2, 0.25) is 0 Å². The van der Waals surface area contributed by atoms with Crippen molar-refractivity contribution in [2.24, 2.45) is 10.9 Å². The van der Waals surface area contributed by atoms with Crippen LogP contribution in [-0.4, -0.2) is 66.6 Å². The lowest BCUT2D eigenvalue weighted by molar-refractivity contribution is 0.00272. The van der Waals surface area contributed by atoms with E-state index in [4.69, 9.17) is 4.74 Å². The van der Waals surface area contributed by atoms with Crippen LogP contribution in [0.3, 0.4) is 0 Å². The Hall–Kier alpha value is -1.65. The van der Waals surface area contributed by atoms with Gasteiger partial charge in [-0.25, -0.2) is 4.68 Å². The van der Waals surface area contributed by atoms with E-state index in [9.17, 15) is 0 Å². The highest BCUT2D eigenvalue weighted by Gasteiger charge is 2.26. The molecule has 3 rings (SSSR count). The largest absolute Gasteiger partial charge is 0.379 e. The molecule has 0 aliphatic carbocycles. The molecule has 1 atom stereocenters. The number of guanidine groups is 1. The minimum absolute atomic E-state index is 0. The van der Waals surface area contributed by atoms with Crippen LogP contribution in [0, 0.1) is 5.92 Å². The molecule has 0 spiro atoms. The third-order valence-electron chi connectivity index (χ3n) is 5.95. The van der Waals surface area contributed by atoms with Gasteiger partial charge in [-0.2, -0.15) is 5.10 Å². The number of ether oxygens (including phenoxy) is 1. The summed E-state index contributed by atoms with van der Waals surface area (Å²) in [7, 11) is 1.83. The molecule has 0 bridgehead atoms. The summed E-state index contributed by atoms with van der Waals surface area (Å²) in [6.07, 6.45) is 6.12. The lowest BCUT2D eigenvalue weighted by Crippen LogP contribution is -2.53. The molecule has 7 nitrogen and oxygen atoms in total. The van der Waals surface area contributed by atoms with Gasteiger partial charge in [-0.1, -0.05) is 38.8 Å². The standard InChI is InChI=1S/C23H36N6O.HI/c1-4-20(5-2)22(28-12-14-30-15-13-28)18-26-23(24-3)25-17-19-8-6-9-21(16-19)29-11-7-10-27-29;/h6-11,16,20,22H,4-5,12-15,17-18H2,1-3H3,(H2,24,25,26);1H. The van der Waals surface area contributed by atoms with Crippen LogP contribution in [0.25, 0.3) is 5.69 Å². The molecule has 2 N–H and O–H groups in total. The molecule has 1 aromatic heterocycles. The lowest BCUT2D eigenvalue weighted by atomic mass is 9.92. The molecule has 1 fully saturated rings. The van der Waals surface area contributed by atoms with E-state index in [-0.39, 0.29) is 24.0 Å². The monoisotopic (exact) mass is 540 g/mol. The van der Waals surface area contributed by atoms with E-state index in [1.807, 2.05) is 24.0 Å². The van der Waals surface area contributed by atoms with Gasteiger partial charge in [0, 0.05) is 51.7 Å². The zero-order valence-corrected chi connectivity index (χ0v) is 21.3. The number of morpholine rings is 1. The summed E-state index contributed by atoms with van der Waals surface area (Å²) in [5.41, 5.74) is 2.25. The van der Waals surface area contributed by atoms with Gasteiger partial charge in [0.25, 0.3) is 0 Å². The fourth-order valence-corrected chi connectivity index (χ4v) is 4.17. The number of aromatic nitrogens is 2. The van der Waals surface area contributed by atoms with Gasteiger partial charge in [0.2, 0.25) is 0 Å². The zero-order chi connectivity index (χ0) is 21.2. The molecule has 2 aromatic rings. The molecule has 1 unspecified atom stereocenters. The van der Waals surface area contributed by atoms with Crippen molar-refractivity contribution in [3.63, 3.8) is 0 Å². The SMILES string of the molecule is CCC(CC)C(CNC(=NC)NCc1cccc(-n2cccn2)c1)N1CCOCC1.I. The summed E-state index contributed by atoms with van der Waals surface area (Å²) in [6, 6.07) is 10.8. The van der Waals surface area contributed by atoms with Crippen molar-refractivity contribution in [3.8, 4) is 5.69 Å². The number of nitrogens with one attached hydrogen (secondary N) is 2. The molecule has 31 heavy (non-hydrogen) atoms. The predicted octanol–water partition coefficient (Wildman–Crippen LogP) is 3.29. The molecule has 0 radical (unpaired) electrons. The molecule has 1 saturated heterocycles. The molecule has 8 heteroatoms. The quantitative estimate of drug-likeness (QED) is 0.291. The Bertz CT molecular complexity index is 772. The van der Waals surface area contributed by atoms with Gasteiger partial charge in [-0.05, 0) is 29.7 Å². The maximum absolute atomic E-state index is 5.56. The molecule has 1 aliphatic rings. The second kappa shape index (κ2) is 13.7. The summed E-state index contributed by atoms with van der Waals surface area (Å²) < 4.78 is 7.44. The number of halogens is 1. The van der Waals surface area contributed by atoms with E-state index < -0.39 is 0 Å². The van der Waals surface area contributed by atoms with Gasteiger partial charge >= 0.3 is 0 Å². The smallest absolute Gasteiger partial charge is 0.191 e. The Kier molecular flexibility index (Phi) is 11.3. The molecule has 172 valence electrons. The Balaban J connectivity index is 0.00000341. The first-order chi connectivity index (χ1) is 14.7. The third-order valence-corrected chi connectivity index (χ3v) is 5.95. The van der Waals surface area contributed by atoms with Crippen molar-refractivity contribution in [1.82, 2.24) is 25.3 Å². The van der Waals surface area contributed by atoms with E-state index >= 15 is 0 Å². The number of hydrogen-bond donors (Lipinski definition) is 2. The normalized spacial score (nSPS) is 16.1. The van der Waals surface area contributed by atoms with Crippen LogP contribution in [0.1, 0.15) is 32.3 Å². The second-order valence-electron chi connectivity index (χ2n) is 7.72. The van der Waals surface area contributed by atoms with Crippen LogP contribution in [0.15, 0.2) is 47.7 Å². The Labute approximate surface area is 203 Å². The van der Waals surface area contributed by atoms with Gasteiger partial charge in [-0.3, -0.25) is 9.89 Å². The van der Waals surface area contributed by atoms with Crippen molar-refractivity contribution >= 4 is 29.9 Å². The van der Waals surface area contributed by atoms with Crippen LogP contribution in [-0.2, 0) is 11.3 Å². The predicted molar refractivity (Wildman–Crippen MR) is 137 cm³/mol. The van der Waals surface area contributed by atoms with Gasteiger partial charge in [0.15, 0.2) is 5.96 Å². The van der Waals surface area contributed by atoms with Crippen molar-refractivity contribution in [3.05, 3.63) is 48.3 Å². The number of nitrogens with zero attached hydrogens (tertiary/aromatic N) is 4. The van der Waals surface area contributed by atoms with E-state index in [0.29, 0.717) is 18.5 Å². The summed E-state index contributed by atoms with van der Waals surface area (Å²) in [5, 5.41) is 11.3. The minimum atomic E-state index is 0. The Morgan fingerprint density at radius 2 is 1.94 bits per heavy atom. The maximum Gasteiger partial charge on any atom is 0.191 e. The minimum Gasteiger partial charge on any atom is -0.379 e. The zero-order valence-electron chi connectivity index (χ0n) is 19.0. The van der Waals surface area contributed by atoms with Crippen molar-refractivity contribution in [1.29, 1.82) is 0 Å². The average molecular weight is 540 g/mol. The number of benzene rings is 1. The second-order valence-corrected chi connectivity index (χ2v) is 7.72. The van der Waals surface area contributed by atoms with E-state index in [0.717, 1.165) is 44.5 Å². The van der Waals surface area contributed by atoms with Gasteiger partial charge < -0.3 is 15.4 Å². The molecular formula is C23H37IN6O. The molecular weight excluding hydrogens is 503 g/mol. The van der Waals surface area contributed by atoms with Gasteiger partial charge in [0.05, 0.1) is 18.9 Å². The van der Waals surface area contributed by atoms with Crippen molar-refractivity contribution in [2.45, 2.75) is 39.3 Å². The molecule has 0 saturated carbocycles. The highest BCUT2D eigenvalue weighted by molar-refractivity contribution is 14.0. The number of aliphatic imine (C=N–C) groups is 1. The molecule has 0 amide bonds. The van der Waals surface area contributed by atoms with E-state index in [1.54, 1.807) is 6.20 Å². The maximum atomic E-state index is 5.56. The first kappa shape index (κ1) is 25.6. The van der Waals surface area contributed by atoms with E-state index in [2.05, 4.69) is 63.7 Å². The molecule has 1 aliphatic heterocycles. The fraction of sp³-hybridized carbons (Fsp3) is 0.565. The molecule has 2 heterocycles. The van der Waals surface area contributed by atoms with Crippen LogP contribution in [0.5, 0.6) is 0 Å². The topological polar surface area (TPSA) is 66.7 Å². The first-order valence-corrected chi connectivity index (χ1v) is 11.1. The van der Waals surface area contributed by atoms with Crippen LogP contribution >= 0.6 is 24.0 Å². The number of rotatable bonds is 9. The highest BCUT2D eigenvalue weighted by atomic mass is 127. The first-order valence-electron chi connectivity index (χ1n) is 11.1. The van der Waals surface area contributed by atoms with Crippen molar-refractivity contribution in [2.75, 3.05) is 39.9 Å². The fourth-order valence-electron chi connectivity index (χ4n) is 4.17. The Morgan fingerprint density at radius 3 is 2.58 bits per heavy atom. The van der Waals surface area contributed by atoms with Crippen molar-refractivity contribution < 1.29 is 4.74 Å². The third kappa shape index (κ3) is 7.47. The van der Waals surface area contributed by atoms with Crippen LogP contribution < -0.4 is 10.6 Å². The molecule has 1 aromatic carbocycles. The highest BCUT2D eigenvalue weighted by Crippen LogP contribution is 2.19. The van der Waals surface area contributed by atoms with Gasteiger partial charge in [-0.15, -0.1) is 24.0 Å².